The van der Waals surface area contributed by atoms with Crippen LogP contribution in [0.15, 0.2) is 36.4 Å². The standard InChI is InChI=1S/C24H30O7/c1-2-16-14(11-13-8-9-18-15(12-13)6-4-10-30-18)5-3-7-17(16)22-20(26)19(25)21(27)23(31-22)24(28)29/h3,5,7-9,12,19-29H,2,4,6,10-11H2,1H3/t19-,20-,21+,22+,23?/m1/s1. The van der Waals surface area contributed by atoms with Crippen molar-refractivity contribution in [3.8, 4) is 5.75 Å². The van der Waals surface area contributed by atoms with Crippen LogP contribution in [0, 0.1) is 0 Å². The molecule has 0 bridgehead atoms. The van der Waals surface area contributed by atoms with Crippen LogP contribution < -0.4 is 4.74 Å². The molecule has 7 nitrogen and oxygen atoms in total. The summed E-state index contributed by atoms with van der Waals surface area (Å²) in [6.45, 7) is 2.75. The van der Waals surface area contributed by atoms with Crippen LogP contribution in [-0.4, -0.2) is 62.8 Å². The Hall–Kier alpha value is -2.00. The fraction of sp³-hybridized carbons (Fsp3) is 0.500. The first-order valence-electron chi connectivity index (χ1n) is 10.8. The Labute approximate surface area is 181 Å². The molecule has 0 radical (unpaired) electrons. The van der Waals surface area contributed by atoms with Gasteiger partial charge in [-0.3, -0.25) is 0 Å². The first-order valence-corrected chi connectivity index (χ1v) is 10.8. The largest absolute Gasteiger partial charge is 0.493 e. The third-order valence-electron chi connectivity index (χ3n) is 6.28. The van der Waals surface area contributed by atoms with Gasteiger partial charge in [0.2, 0.25) is 0 Å². The first kappa shape index (κ1) is 22.2. The van der Waals surface area contributed by atoms with Gasteiger partial charge in [-0.2, -0.15) is 0 Å². The summed E-state index contributed by atoms with van der Waals surface area (Å²) in [7, 11) is 0. The van der Waals surface area contributed by atoms with Crippen LogP contribution in [0.25, 0.3) is 0 Å². The number of rotatable bonds is 5. The molecule has 1 fully saturated rings. The summed E-state index contributed by atoms with van der Waals surface area (Å²) >= 11 is 0. The SMILES string of the molecule is CCc1c(Cc2ccc3c(c2)CCCO3)cccc1[C@@H]1OC(C(O)O)[C@@H](O)[C@H](O)[C@H]1O. The van der Waals surface area contributed by atoms with Crippen LogP contribution in [0.2, 0.25) is 0 Å². The lowest BCUT2D eigenvalue weighted by Gasteiger charge is -2.42. The molecule has 0 aromatic heterocycles. The van der Waals surface area contributed by atoms with Crippen molar-refractivity contribution in [2.45, 2.75) is 69.4 Å². The van der Waals surface area contributed by atoms with Gasteiger partial charge in [0, 0.05) is 0 Å². The second kappa shape index (κ2) is 9.24. The van der Waals surface area contributed by atoms with Crippen LogP contribution >= 0.6 is 0 Å². The molecular formula is C24H30O7. The van der Waals surface area contributed by atoms with Crippen molar-refractivity contribution in [1.82, 2.24) is 0 Å². The normalized spacial score (nSPS) is 28.3. The van der Waals surface area contributed by atoms with Gasteiger partial charge >= 0.3 is 0 Å². The Kier molecular flexibility index (Phi) is 6.62. The van der Waals surface area contributed by atoms with Crippen molar-refractivity contribution < 1.29 is 35.0 Å². The second-order valence-electron chi connectivity index (χ2n) is 8.32. The van der Waals surface area contributed by atoms with Crippen LogP contribution in [0.4, 0.5) is 0 Å². The summed E-state index contributed by atoms with van der Waals surface area (Å²) in [5.74, 6) is 0.944. The van der Waals surface area contributed by atoms with E-state index in [9.17, 15) is 25.5 Å². The van der Waals surface area contributed by atoms with Crippen molar-refractivity contribution in [3.63, 3.8) is 0 Å². The molecule has 0 saturated carbocycles. The summed E-state index contributed by atoms with van der Waals surface area (Å²) < 4.78 is 11.4. The van der Waals surface area contributed by atoms with E-state index in [4.69, 9.17) is 9.47 Å². The highest BCUT2D eigenvalue weighted by molar-refractivity contribution is 5.44. The minimum Gasteiger partial charge on any atom is -0.493 e. The Balaban J connectivity index is 1.65. The molecule has 2 heterocycles. The number of hydrogen-bond acceptors (Lipinski definition) is 7. The minimum atomic E-state index is -1.98. The molecule has 5 atom stereocenters. The summed E-state index contributed by atoms with van der Waals surface area (Å²) in [5, 5.41) is 50.0. The fourth-order valence-electron chi connectivity index (χ4n) is 4.67. The van der Waals surface area contributed by atoms with E-state index in [0.717, 1.165) is 41.9 Å². The maximum atomic E-state index is 10.6. The average molecular weight is 430 g/mol. The van der Waals surface area contributed by atoms with Gasteiger partial charge in [0.15, 0.2) is 6.29 Å². The van der Waals surface area contributed by atoms with Gasteiger partial charge in [-0.1, -0.05) is 37.3 Å². The predicted octanol–water partition coefficient (Wildman–Crippen LogP) is 0.998. The van der Waals surface area contributed by atoms with Crippen LogP contribution in [0.3, 0.4) is 0 Å². The summed E-state index contributed by atoms with van der Waals surface area (Å²) in [5.41, 5.74) is 5.07. The minimum absolute atomic E-state index is 0.664. The van der Waals surface area contributed by atoms with Gasteiger partial charge in [-0.15, -0.1) is 0 Å². The zero-order valence-electron chi connectivity index (χ0n) is 17.5. The zero-order valence-corrected chi connectivity index (χ0v) is 17.5. The highest BCUT2D eigenvalue weighted by Gasteiger charge is 2.47. The molecule has 2 aromatic rings. The lowest BCUT2D eigenvalue weighted by molar-refractivity contribution is -0.275. The molecule has 1 saturated heterocycles. The summed E-state index contributed by atoms with van der Waals surface area (Å²) in [6, 6.07) is 11.9. The van der Waals surface area contributed by atoms with Crippen molar-refractivity contribution in [1.29, 1.82) is 0 Å². The number of aryl methyl sites for hydroxylation is 1. The van der Waals surface area contributed by atoms with Crippen LogP contribution in [0.5, 0.6) is 5.75 Å². The van der Waals surface area contributed by atoms with E-state index in [1.807, 2.05) is 31.2 Å². The van der Waals surface area contributed by atoms with Gasteiger partial charge in [-0.05, 0) is 59.6 Å². The molecular weight excluding hydrogens is 400 g/mol. The number of fused-ring (bicyclic) bond motifs is 1. The lowest BCUT2D eigenvalue weighted by Crippen LogP contribution is -2.57. The third kappa shape index (κ3) is 4.35. The van der Waals surface area contributed by atoms with Gasteiger partial charge in [0.25, 0.3) is 0 Å². The maximum absolute atomic E-state index is 10.6. The molecule has 5 N–H and O–H groups in total. The van der Waals surface area contributed by atoms with Crippen LogP contribution in [-0.2, 0) is 24.0 Å². The van der Waals surface area contributed by atoms with E-state index >= 15 is 0 Å². The Morgan fingerprint density at radius 2 is 1.84 bits per heavy atom. The first-order chi connectivity index (χ1) is 14.9. The van der Waals surface area contributed by atoms with E-state index in [1.54, 1.807) is 0 Å². The lowest BCUT2D eigenvalue weighted by atomic mass is 9.85. The van der Waals surface area contributed by atoms with E-state index in [1.165, 1.54) is 5.56 Å². The van der Waals surface area contributed by atoms with Crippen LogP contribution in [0.1, 0.15) is 47.3 Å². The topological polar surface area (TPSA) is 120 Å². The molecule has 0 aliphatic carbocycles. The smallest absolute Gasteiger partial charge is 0.181 e. The number of benzene rings is 2. The molecule has 1 unspecified atom stereocenters. The molecule has 2 aromatic carbocycles. The van der Waals surface area contributed by atoms with Gasteiger partial charge in [0.05, 0.1) is 6.61 Å². The Morgan fingerprint density at radius 3 is 2.58 bits per heavy atom. The molecule has 0 amide bonds. The highest BCUT2D eigenvalue weighted by atomic mass is 16.6. The molecule has 7 heteroatoms. The third-order valence-corrected chi connectivity index (χ3v) is 6.28. The number of ether oxygens (including phenoxy) is 2. The number of aliphatic hydroxyl groups is 5. The van der Waals surface area contributed by atoms with Crippen molar-refractivity contribution >= 4 is 0 Å². The van der Waals surface area contributed by atoms with E-state index in [0.29, 0.717) is 18.4 Å². The van der Waals surface area contributed by atoms with Gasteiger partial charge < -0.3 is 35.0 Å². The zero-order chi connectivity index (χ0) is 22.1. The quantitative estimate of drug-likeness (QED) is 0.449. The summed E-state index contributed by atoms with van der Waals surface area (Å²) in [6.07, 6.45) is -5.59. The van der Waals surface area contributed by atoms with E-state index in [-0.39, 0.29) is 0 Å². The monoisotopic (exact) mass is 430 g/mol. The molecule has 31 heavy (non-hydrogen) atoms. The average Bonchev–Trinajstić information content (AvgIpc) is 2.77. The van der Waals surface area contributed by atoms with E-state index < -0.39 is 36.8 Å². The van der Waals surface area contributed by atoms with Gasteiger partial charge in [-0.25, -0.2) is 0 Å². The molecule has 4 rings (SSSR count). The molecule has 168 valence electrons. The van der Waals surface area contributed by atoms with Gasteiger partial charge in [0.1, 0.15) is 36.3 Å². The molecule has 2 aliphatic heterocycles. The number of hydrogen-bond donors (Lipinski definition) is 5. The maximum Gasteiger partial charge on any atom is 0.181 e. The Morgan fingerprint density at radius 1 is 1.03 bits per heavy atom. The molecule has 2 aliphatic rings. The predicted molar refractivity (Wildman–Crippen MR) is 113 cm³/mol. The van der Waals surface area contributed by atoms with Crippen molar-refractivity contribution in [2.24, 2.45) is 0 Å². The fourth-order valence-corrected chi connectivity index (χ4v) is 4.67. The highest BCUT2D eigenvalue weighted by Crippen LogP contribution is 2.36. The molecule has 0 spiro atoms. The summed E-state index contributed by atoms with van der Waals surface area (Å²) in [4.78, 5) is 0. The second-order valence-corrected chi connectivity index (χ2v) is 8.32. The van der Waals surface area contributed by atoms with E-state index in [2.05, 4.69) is 12.1 Å². The number of aliphatic hydroxyl groups excluding tert-OH is 4. The van der Waals surface area contributed by atoms with Crippen molar-refractivity contribution in [2.75, 3.05) is 6.61 Å². The van der Waals surface area contributed by atoms with Crippen molar-refractivity contribution in [3.05, 3.63) is 64.2 Å². The Bertz CT molecular complexity index is 913.